The van der Waals surface area contributed by atoms with Crippen LogP contribution in [0.1, 0.15) is 5.56 Å². The normalized spacial score (nSPS) is 23.8. The van der Waals surface area contributed by atoms with Crippen LogP contribution in [-0.4, -0.2) is 46.5 Å². The molecular formula is C12H15NO4. The molecule has 0 bridgehead atoms. The van der Waals surface area contributed by atoms with E-state index in [0.717, 1.165) is 5.56 Å². The minimum Gasteiger partial charge on any atom is -0.445 e. The van der Waals surface area contributed by atoms with Crippen molar-refractivity contribution in [3.8, 4) is 0 Å². The van der Waals surface area contributed by atoms with Crippen LogP contribution in [0.2, 0.25) is 0 Å². The molecule has 1 aliphatic heterocycles. The van der Waals surface area contributed by atoms with Crippen LogP contribution >= 0.6 is 0 Å². The first-order valence-corrected chi connectivity index (χ1v) is 5.48. The molecule has 1 aromatic carbocycles. The molecule has 5 nitrogen and oxygen atoms in total. The Morgan fingerprint density at radius 2 is 1.82 bits per heavy atom. The SMILES string of the molecule is O=C(OCc1ccccc1)N1C[C@@H](O)[C@H](O)C1. The van der Waals surface area contributed by atoms with E-state index >= 15 is 0 Å². The molecule has 0 aromatic heterocycles. The van der Waals surface area contributed by atoms with Gasteiger partial charge in [0.1, 0.15) is 6.61 Å². The lowest BCUT2D eigenvalue weighted by atomic mass is 10.2. The van der Waals surface area contributed by atoms with E-state index in [0.29, 0.717) is 0 Å². The van der Waals surface area contributed by atoms with Crippen molar-refractivity contribution < 1.29 is 19.7 Å². The molecule has 0 unspecified atom stereocenters. The van der Waals surface area contributed by atoms with Crippen LogP contribution in [0.25, 0.3) is 0 Å². The molecule has 2 N–H and O–H groups in total. The summed E-state index contributed by atoms with van der Waals surface area (Å²) in [4.78, 5) is 12.9. The Balaban J connectivity index is 1.82. The number of aliphatic hydroxyl groups is 2. The monoisotopic (exact) mass is 237 g/mol. The Bertz CT molecular complexity index is 371. The summed E-state index contributed by atoms with van der Waals surface area (Å²) in [5.74, 6) is 0. The average Bonchev–Trinajstić information content (AvgIpc) is 2.68. The van der Waals surface area contributed by atoms with Gasteiger partial charge in [0.05, 0.1) is 25.3 Å². The Labute approximate surface area is 99.2 Å². The largest absolute Gasteiger partial charge is 0.445 e. The predicted octanol–water partition coefficient (Wildman–Crippen LogP) is 0.361. The molecule has 1 saturated heterocycles. The van der Waals surface area contributed by atoms with Gasteiger partial charge in [-0.25, -0.2) is 4.79 Å². The highest BCUT2D eigenvalue weighted by Gasteiger charge is 2.33. The number of benzene rings is 1. The molecule has 2 atom stereocenters. The first-order valence-electron chi connectivity index (χ1n) is 5.48. The van der Waals surface area contributed by atoms with Gasteiger partial charge in [0.2, 0.25) is 0 Å². The first kappa shape index (κ1) is 11.9. The smallest absolute Gasteiger partial charge is 0.410 e. The van der Waals surface area contributed by atoms with Gasteiger partial charge in [0, 0.05) is 0 Å². The fraction of sp³-hybridized carbons (Fsp3) is 0.417. The van der Waals surface area contributed by atoms with Crippen molar-refractivity contribution in [2.75, 3.05) is 13.1 Å². The summed E-state index contributed by atoms with van der Waals surface area (Å²) < 4.78 is 5.07. The van der Waals surface area contributed by atoms with E-state index in [9.17, 15) is 15.0 Å². The summed E-state index contributed by atoms with van der Waals surface area (Å²) in [6.07, 6.45) is -2.26. The molecule has 92 valence electrons. The Kier molecular flexibility index (Phi) is 3.61. The molecule has 1 aromatic rings. The van der Waals surface area contributed by atoms with Crippen LogP contribution in [0.4, 0.5) is 4.79 Å². The number of aliphatic hydroxyl groups excluding tert-OH is 2. The lowest BCUT2D eigenvalue weighted by Gasteiger charge is -2.15. The zero-order valence-electron chi connectivity index (χ0n) is 9.32. The maximum Gasteiger partial charge on any atom is 0.410 e. The average molecular weight is 237 g/mol. The number of ether oxygens (including phenoxy) is 1. The van der Waals surface area contributed by atoms with Crippen molar-refractivity contribution in [1.29, 1.82) is 0 Å². The van der Waals surface area contributed by atoms with Gasteiger partial charge in [0.15, 0.2) is 0 Å². The van der Waals surface area contributed by atoms with Crippen LogP contribution in [0.3, 0.4) is 0 Å². The molecular weight excluding hydrogens is 222 g/mol. The Morgan fingerprint density at radius 3 is 2.41 bits per heavy atom. The number of hydrogen-bond donors (Lipinski definition) is 2. The number of nitrogens with zero attached hydrogens (tertiary/aromatic N) is 1. The third-order valence-electron chi connectivity index (χ3n) is 2.72. The first-order chi connectivity index (χ1) is 8.16. The van der Waals surface area contributed by atoms with Crippen LogP contribution in [0.15, 0.2) is 30.3 Å². The van der Waals surface area contributed by atoms with E-state index in [1.54, 1.807) is 0 Å². The van der Waals surface area contributed by atoms with E-state index in [1.807, 2.05) is 30.3 Å². The van der Waals surface area contributed by atoms with Crippen LogP contribution < -0.4 is 0 Å². The third kappa shape index (κ3) is 2.95. The van der Waals surface area contributed by atoms with E-state index in [1.165, 1.54) is 4.90 Å². The Hall–Kier alpha value is -1.59. The molecule has 0 radical (unpaired) electrons. The molecule has 0 saturated carbocycles. The lowest BCUT2D eigenvalue weighted by molar-refractivity contribution is 0.0572. The number of rotatable bonds is 2. The van der Waals surface area contributed by atoms with Gasteiger partial charge in [-0.15, -0.1) is 0 Å². The molecule has 1 aliphatic rings. The highest BCUT2D eigenvalue weighted by atomic mass is 16.6. The Morgan fingerprint density at radius 1 is 1.24 bits per heavy atom. The highest BCUT2D eigenvalue weighted by Crippen LogP contribution is 2.12. The summed E-state index contributed by atoms with van der Waals surface area (Å²) in [7, 11) is 0. The summed E-state index contributed by atoms with van der Waals surface area (Å²) in [5, 5.41) is 18.6. The number of carbonyl (C=O) groups is 1. The summed E-state index contributed by atoms with van der Waals surface area (Å²) >= 11 is 0. The maximum atomic E-state index is 11.6. The molecule has 0 spiro atoms. The van der Waals surface area contributed by atoms with Gasteiger partial charge in [-0.1, -0.05) is 30.3 Å². The van der Waals surface area contributed by atoms with Crippen LogP contribution in [-0.2, 0) is 11.3 Å². The van der Waals surface area contributed by atoms with E-state index in [-0.39, 0.29) is 19.7 Å². The van der Waals surface area contributed by atoms with Crippen molar-refractivity contribution >= 4 is 6.09 Å². The fourth-order valence-electron chi connectivity index (χ4n) is 1.73. The summed E-state index contributed by atoms with van der Waals surface area (Å²) in [6.45, 7) is 0.436. The van der Waals surface area contributed by atoms with Gasteiger partial charge in [-0.05, 0) is 5.56 Å². The van der Waals surface area contributed by atoms with Crippen molar-refractivity contribution in [2.45, 2.75) is 18.8 Å². The quantitative estimate of drug-likeness (QED) is 0.779. The molecule has 2 rings (SSSR count). The van der Waals surface area contributed by atoms with Gasteiger partial charge >= 0.3 is 6.09 Å². The number of hydrogen-bond acceptors (Lipinski definition) is 4. The van der Waals surface area contributed by atoms with Gasteiger partial charge in [-0.2, -0.15) is 0 Å². The minimum absolute atomic E-state index is 0.120. The molecule has 5 heteroatoms. The van der Waals surface area contributed by atoms with E-state index in [2.05, 4.69) is 0 Å². The lowest BCUT2D eigenvalue weighted by Crippen LogP contribution is -2.30. The molecule has 17 heavy (non-hydrogen) atoms. The molecule has 1 amide bonds. The van der Waals surface area contributed by atoms with Gasteiger partial charge in [-0.3, -0.25) is 0 Å². The second-order valence-electron chi connectivity index (χ2n) is 4.08. The van der Waals surface area contributed by atoms with Crippen LogP contribution in [0.5, 0.6) is 0 Å². The van der Waals surface area contributed by atoms with E-state index < -0.39 is 18.3 Å². The molecule has 0 aliphatic carbocycles. The highest BCUT2D eigenvalue weighted by molar-refractivity contribution is 5.68. The van der Waals surface area contributed by atoms with Crippen molar-refractivity contribution in [3.05, 3.63) is 35.9 Å². The van der Waals surface area contributed by atoms with Crippen LogP contribution in [0, 0.1) is 0 Å². The zero-order valence-corrected chi connectivity index (χ0v) is 9.32. The minimum atomic E-state index is -0.876. The van der Waals surface area contributed by atoms with Crippen molar-refractivity contribution in [3.63, 3.8) is 0 Å². The third-order valence-corrected chi connectivity index (χ3v) is 2.72. The second kappa shape index (κ2) is 5.16. The topological polar surface area (TPSA) is 70.0 Å². The maximum absolute atomic E-state index is 11.6. The van der Waals surface area contributed by atoms with Gasteiger partial charge < -0.3 is 19.8 Å². The number of likely N-dealkylation sites (tertiary alicyclic amines) is 1. The number of β-amino-alcohol motifs (C(OH)–C–C–N with tert-alkyl or cyclic N) is 2. The standard InChI is InChI=1S/C12H15NO4/c14-10-6-13(7-11(10)15)12(16)17-8-9-4-2-1-3-5-9/h1-5,10-11,14-15H,6-8H2/t10-,11-/m1/s1. The number of carbonyl (C=O) groups excluding carboxylic acids is 1. The van der Waals surface area contributed by atoms with E-state index in [4.69, 9.17) is 4.74 Å². The summed E-state index contributed by atoms with van der Waals surface area (Å²) in [5.41, 5.74) is 0.904. The molecule has 1 heterocycles. The molecule has 1 fully saturated rings. The number of amides is 1. The zero-order chi connectivity index (χ0) is 12.3. The fourth-order valence-corrected chi connectivity index (χ4v) is 1.73. The van der Waals surface area contributed by atoms with Crippen molar-refractivity contribution in [1.82, 2.24) is 4.90 Å². The van der Waals surface area contributed by atoms with Gasteiger partial charge in [0.25, 0.3) is 0 Å². The second-order valence-corrected chi connectivity index (χ2v) is 4.08. The predicted molar refractivity (Wildman–Crippen MR) is 60.2 cm³/mol. The van der Waals surface area contributed by atoms with Crippen molar-refractivity contribution in [2.24, 2.45) is 0 Å². The summed E-state index contributed by atoms with van der Waals surface area (Å²) in [6, 6.07) is 9.35.